The Hall–Kier alpha value is -0.240. The Bertz CT molecular complexity index is 226. The molecule has 0 saturated carbocycles. The predicted molar refractivity (Wildman–Crippen MR) is 71.0 cm³/mol. The molecule has 0 aliphatic rings. The first-order valence-electron chi connectivity index (χ1n) is 6.26. The lowest BCUT2D eigenvalue weighted by molar-refractivity contribution is -0.284. The van der Waals surface area contributed by atoms with Crippen LogP contribution in [0, 0.1) is 0 Å². The molecule has 0 aliphatic carbocycles. The Morgan fingerprint density at radius 3 is 1.26 bits per heavy atom. The van der Waals surface area contributed by atoms with Crippen LogP contribution in [0.1, 0.15) is 27.7 Å². The van der Waals surface area contributed by atoms with Crippen molar-refractivity contribution in [1.29, 1.82) is 0 Å². The highest BCUT2D eigenvalue weighted by molar-refractivity contribution is 4.76. The molecular formula is C13H28O6. The second-order valence-corrected chi connectivity index (χ2v) is 5.73. The van der Waals surface area contributed by atoms with Crippen molar-refractivity contribution < 1.29 is 29.2 Å². The highest BCUT2D eigenvalue weighted by Gasteiger charge is 2.35. The maximum absolute atomic E-state index is 9.16. The van der Waals surface area contributed by atoms with E-state index in [4.69, 9.17) is 29.2 Å². The molecule has 0 saturated heterocycles. The van der Waals surface area contributed by atoms with Crippen LogP contribution in [0.2, 0.25) is 0 Å². The smallest absolute Gasteiger partial charge is 0.215 e. The topological polar surface area (TPSA) is 77.4 Å². The summed E-state index contributed by atoms with van der Waals surface area (Å²) in [5, 5.41) is 18.3. The molecule has 6 nitrogen and oxygen atoms in total. The average Bonchev–Trinajstić information content (AvgIpc) is 2.40. The molecule has 0 aliphatic heterocycles. The Morgan fingerprint density at radius 2 is 1.05 bits per heavy atom. The van der Waals surface area contributed by atoms with Gasteiger partial charge < -0.3 is 29.2 Å². The second-order valence-electron chi connectivity index (χ2n) is 5.73. The highest BCUT2D eigenvalue weighted by atomic mass is 16.7. The summed E-state index contributed by atoms with van der Waals surface area (Å²) in [6.45, 7) is 7.05. The summed E-state index contributed by atoms with van der Waals surface area (Å²) in [5.74, 6) is -1.07. The molecule has 0 rings (SSSR count). The summed E-state index contributed by atoms with van der Waals surface area (Å²) in [6.07, 6.45) is 0. The van der Waals surface area contributed by atoms with E-state index in [9.17, 15) is 0 Å². The van der Waals surface area contributed by atoms with Gasteiger partial charge in [-0.05, 0) is 27.7 Å². The van der Waals surface area contributed by atoms with E-state index in [0.717, 1.165) is 0 Å². The van der Waals surface area contributed by atoms with E-state index >= 15 is 0 Å². The lowest BCUT2D eigenvalue weighted by atomic mass is 10.1. The van der Waals surface area contributed by atoms with Gasteiger partial charge in [0, 0.05) is 14.2 Å². The number of aliphatic hydroxyl groups excluding tert-OH is 2. The summed E-state index contributed by atoms with van der Waals surface area (Å²) in [4.78, 5) is 0. The molecule has 0 aromatic heterocycles. The minimum absolute atomic E-state index is 0.106. The Labute approximate surface area is 115 Å². The van der Waals surface area contributed by atoms with E-state index in [-0.39, 0.29) is 26.4 Å². The van der Waals surface area contributed by atoms with Gasteiger partial charge in [0.25, 0.3) is 0 Å². The molecule has 0 radical (unpaired) electrons. The second kappa shape index (κ2) is 7.52. The van der Waals surface area contributed by atoms with Crippen molar-refractivity contribution >= 4 is 0 Å². The molecular weight excluding hydrogens is 252 g/mol. The van der Waals surface area contributed by atoms with Gasteiger partial charge in [-0.2, -0.15) is 0 Å². The minimum Gasteiger partial charge on any atom is -0.393 e. The van der Waals surface area contributed by atoms with Gasteiger partial charge >= 0.3 is 0 Å². The monoisotopic (exact) mass is 280 g/mol. The fourth-order valence-corrected chi connectivity index (χ4v) is 1.06. The molecule has 19 heavy (non-hydrogen) atoms. The number of aliphatic hydroxyl groups is 2. The zero-order valence-corrected chi connectivity index (χ0v) is 12.9. The van der Waals surface area contributed by atoms with Crippen molar-refractivity contribution in [2.45, 2.75) is 44.7 Å². The fourth-order valence-electron chi connectivity index (χ4n) is 1.06. The highest BCUT2D eigenvalue weighted by Crippen LogP contribution is 2.20. The molecule has 0 aromatic rings. The SMILES string of the molecule is COC(COC(C)(C)CO)(COC(C)(C)CO)OC. The van der Waals surface area contributed by atoms with Crippen LogP contribution in [0.3, 0.4) is 0 Å². The quantitative estimate of drug-likeness (QED) is 0.569. The summed E-state index contributed by atoms with van der Waals surface area (Å²) in [5.41, 5.74) is -1.37. The average molecular weight is 280 g/mol. The normalized spacial score (nSPS) is 13.9. The molecule has 116 valence electrons. The number of hydrogen-bond acceptors (Lipinski definition) is 6. The molecule has 0 heterocycles. The summed E-state index contributed by atoms with van der Waals surface area (Å²) < 4.78 is 21.8. The van der Waals surface area contributed by atoms with Gasteiger partial charge in [-0.15, -0.1) is 0 Å². The Balaban J connectivity index is 4.59. The van der Waals surface area contributed by atoms with E-state index in [1.54, 1.807) is 27.7 Å². The van der Waals surface area contributed by atoms with Crippen molar-refractivity contribution in [2.75, 3.05) is 40.6 Å². The zero-order chi connectivity index (χ0) is 15.2. The van der Waals surface area contributed by atoms with Gasteiger partial charge in [0.15, 0.2) is 0 Å². The number of rotatable bonds is 10. The fraction of sp³-hybridized carbons (Fsp3) is 1.00. The van der Waals surface area contributed by atoms with Gasteiger partial charge in [0.2, 0.25) is 5.79 Å². The first-order chi connectivity index (χ1) is 8.66. The van der Waals surface area contributed by atoms with Crippen LogP contribution in [0.5, 0.6) is 0 Å². The van der Waals surface area contributed by atoms with E-state index in [0.29, 0.717) is 0 Å². The third kappa shape index (κ3) is 6.65. The van der Waals surface area contributed by atoms with Gasteiger partial charge in [0.1, 0.15) is 13.2 Å². The van der Waals surface area contributed by atoms with Crippen molar-refractivity contribution in [3.05, 3.63) is 0 Å². The Morgan fingerprint density at radius 1 is 0.737 bits per heavy atom. The molecule has 0 aromatic carbocycles. The van der Waals surface area contributed by atoms with Crippen LogP contribution < -0.4 is 0 Å². The molecule has 0 bridgehead atoms. The third-order valence-corrected chi connectivity index (χ3v) is 2.87. The van der Waals surface area contributed by atoms with E-state index in [1.165, 1.54) is 14.2 Å². The summed E-state index contributed by atoms with van der Waals surface area (Å²) in [6, 6.07) is 0. The molecule has 0 atom stereocenters. The number of methoxy groups -OCH3 is 2. The van der Waals surface area contributed by atoms with Crippen LogP contribution in [0.25, 0.3) is 0 Å². The van der Waals surface area contributed by atoms with E-state index < -0.39 is 17.0 Å². The van der Waals surface area contributed by atoms with Crippen molar-refractivity contribution in [1.82, 2.24) is 0 Å². The molecule has 2 N–H and O–H groups in total. The molecule has 0 spiro atoms. The lowest BCUT2D eigenvalue weighted by Gasteiger charge is -2.36. The van der Waals surface area contributed by atoms with Crippen molar-refractivity contribution in [3.8, 4) is 0 Å². The molecule has 0 unspecified atom stereocenters. The van der Waals surface area contributed by atoms with Gasteiger partial charge in [-0.3, -0.25) is 0 Å². The van der Waals surface area contributed by atoms with Gasteiger partial charge in [-0.25, -0.2) is 0 Å². The van der Waals surface area contributed by atoms with Crippen LogP contribution in [-0.2, 0) is 18.9 Å². The first kappa shape index (κ1) is 18.8. The summed E-state index contributed by atoms with van der Waals surface area (Å²) in [7, 11) is 2.99. The standard InChI is InChI=1S/C13H28O6/c1-11(2,7-14)18-9-13(16-5,17-6)10-19-12(3,4)8-15/h14-15H,7-10H2,1-6H3. The van der Waals surface area contributed by atoms with E-state index in [2.05, 4.69) is 0 Å². The minimum atomic E-state index is -1.07. The van der Waals surface area contributed by atoms with E-state index in [1.807, 2.05) is 0 Å². The number of hydrogen-bond donors (Lipinski definition) is 2. The third-order valence-electron chi connectivity index (χ3n) is 2.87. The molecule has 0 amide bonds. The van der Waals surface area contributed by atoms with Gasteiger partial charge in [-0.1, -0.05) is 0 Å². The van der Waals surface area contributed by atoms with Crippen LogP contribution >= 0.6 is 0 Å². The largest absolute Gasteiger partial charge is 0.393 e. The van der Waals surface area contributed by atoms with Crippen molar-refractivity contribution in [3.63, 3.8) is 0 Å². The van der Waals surface area contributed by atoms with Gasteiger partial charge in [0.05, 0.1) is 24.4 Å². The summed E-state index contributed by atoms with van der Waals surface area (Å²) >= 11 is 0. The number of ether oxygens (including phenoxy) is 4. The first-order valence-corrected chi connectivity index (χ1v) is 6.26. The zero-order valence-electron chi connectivity index (χ0n) is 12.9. The molecule has 0 fully saturated rings. The Kier molecular flexibility index (Phi) is 7.42. The van der Waals surface area contributed by atoms with Crippen LogP contribution in [0.4, 0.5) is 0 Å². The molecule has 6 heteroatoms. The van der Waals surface area contributed by atoms with Crippen molar-refractivity contribution in [2.24, 2.45) is 0 Å². The van der Waals surface area contributed by atoms with Crippen LogP contribution in [-0.4, -0.2) is 67.8 Å². The maximum Gasteiger partial charge on any atom is 0.215 e. The van der Waals surface area contributed by atoms with Crippen LogP contribution in [0.15, 0.2) is 0 Å². The lowest BCUT2D eigenvalue weighted by Crippen LogP contribution is -2.49. The maximum atomic E-state index is 9.16. The predicted octanol–water partition coefficient (Wildman–Crippen LogP) is 0.550.